The van der Waals surface area contributed by atoms with Gasteiger partial charge in [0.05, 0.1) is 5.75 Å². The summed E-state index contributed by atoms with van der Waals surface area (Å²) in [6.45, 7) is 4.35. The Morgan fingerprint density at radius 3 is 2.38 bits per heavy atom. The minimum atomic E-state index is -0.366. The highest BCUT2D eigenvalue weighted by Crippen LogP contribution is 2.55. The Balaban J connectivity index is 1.18. The molecule has 4 bridgehead atoms. The molecule has 0 saturated heterocycles. The molecule has 1 heterocycles. The summed E-state index contributed by atoms with van der Waals surface area (Å²) in [4.78, 5) is 25.1. The second-order valence-corrected chi connectivity index (χ2v) is 10.5. The maximum atomic E-state index is 12.6. The zero-order valence-electron chi connectivity index (χ0n) is 18.1. The van der Waals surface area contributed by atoms with Crippen LogP contribution in [0.5, 0.6) is 0 Å². The fourth-order valence-corrected chi connectivity index (χ4v) is 7.07. The molecule has 0 atom stereocenters. The molecule has 0 unspecified atom stereocenters. The SMILES string of the molecule is C=CCn1c(SCC(=O)NC(=O)NC23CC4CC(CC(C4)C2)C3)nnc1-c1ccccc1. The average molecular weight is 452 g/mol. The third-order valence-corrected chi connectivity index (χ3v) is 8.03. The van der Waals surface area contributed by atoms with Crippen LogP contribution in [0.4, 0.5) is 4.79 Å². The highest BCUT2D eigenvalue weighted by Gasteiger charge is 2.51. The van der Waals surface area contributed by atoms with Gasteiger partial charge in [0.15, 0.2) is 11.0 Å². The molecule has 3 amide bonds. The molecule has 4 aliphatic carbocycles. The Morgan fingerprint density at radius 2 is 1.75 bits per heavy atom. The van der Waals surface area contributed by atoms with Crippen LogP contribution in [0.2, 0.25) is 0 Å². The van der Waals surface area contributed by atoms with E-state index >= 15 is 0 Å². The quantitative estimate of drug-likeness (QED) is 0.490. The van der Waals surface area contributed by atoms with E-state index in [0.717, 1.165) is 48.4 Å². The number of rotatable bonds is 7. The van der Waals surface area contributed by atoms with Gasteiger partial charge in [-0.1, -0.05) is 48.2 Å². The number of nitrogens with zero attached hydrogens (tertiary/aromatic N) is 3. The van der Waals surface area contributed by atoms with Crippen LogP contribution >= 0.6 is 11.8 Å². The number of carbonyl (C=O) groups is 2. The number of aromatic nitrogens is 3. The van der Waals surface area contributed by atoms with Crippen LogP contribution in [-0.2, 0) is 11.3 Å². The van der Waals surface area contributed by atoms with Crippen molar-refractivity contribution in [3.8, 4) is 11.4 Å². The van der Waals surface area contributed by atoms with Crippen LogP contribution in [0.25, 0.3) is 11.4 Å². The standard InChI is InChI=1S/C24H29N5O2S/c1-2-8-29-21(19-6-4-3-5-7-19)27-28-23(29)32-15-20(30)25-22(31)26-24-12-16-9-17(13-24)11-18(10-16)14-24/h2-7,16-18H,1,8-15H2,(H2,25,26,30,31). The van der Waals surface area contributed by atoms with E-state index in [1.54, 1.807) is 6.08 Å². The smallest absolute Gasteiger partial charge is 0.321 e. The van der Waals surface area contributed by atoms with Crippen molar-refractivity contribution in [3.63, 3.8) is 0 Å². The predicted molar refractivity (Wildman–Crippen MR) is 124 cm³/mol. The highest BCUT2D eigenvalue weighted by molar-refractivity contribution is 7.99. The number of amides is 3. The van der Waals surface area contributed by atoms with Crippen molar-refractivity contribution in [1.29, 1.82) is 0 Å². The third-order valence-electron chi connectivity index (χ3n) is 7.06. The van der Waals surface area contributed by atoms with Crippen LogP contribution in [0, 0.1) is 17.8 Å². The molecule has 168 valence electrons. The average Bonchev–Trinajstić information content (AvgIpc) is 3.14. The number of carbonyl (C=O) groups excluding carboxylic acids is 2. The summed E-state index contributed by atoms with van der Waals surface area (Å²) in [5.41, 5.74) is 0.842. The summed E-state index contributed by atoms with van der Waals surface area (Å²) >= 11 is 1.27. The second kappa shape index (κ2) is 8.73. The van der Waals surface area contributed by atoms with E-state index in [9.17, 15) is 9.59 Å². The summed E-state index contributed by atoms with van der Waals surface area (Å²) in [6, 6.07) is 9.43. The normalized spacial score (nSPS) is 27.8. The molecular formula is C24H29N5O2S. The van der Waals surface area contributed by atoms with Gasteiger partial charge in [-0.2, -0.15) is 0 Å². The van der Waals surface area contributed by atoms with Crippen LogP contribution in [0.3, 0.4) is 0 Å². The summed E-state index contributed by atoms with van der Waals surface area (Å²) in [5, 5.41) is 14.9. The van der Waals surface area contributed by atoms with E-state index in [1.165, 1.54) is 31.0 Å². The molecular weight excluding hydrogens is 422 g/mol. The van der Waals surface area contributed by atoms with Gasteiger partial charge in [-0.3, -0.25) is 14.7 Å². The van der Waals surface area contributed by atoms with Gasteiger partial charge in [-0.25, -0.2) is 4.79 Å². The van der Waals surface area contributed by atoms with Gasteiger partial charge >= 0.3 is 6.03 Å². The number of hydrogen-bond acceptors (Lipinski definition) is 5. The van der Waals surface area contributed by atoms with E-state index in [0.29, 0.717) is 11.7 Å². The van der Waals surface area contributed by atoms with Gasteiger partial charge in [-0.05, 0) is 56.3 Å². The molecule has 0 spiro atoms. The lowest BCUT2D eigenvalue weighted by Gasteiger charge is -2.56. The zero-order chi connectivity index (χ0) is 22.1. The van der Waals surface area contributed by atoms with Crippen molar-refractivity contribution in [2.45, 2.75) is 55.8 Å². The van der Waals surface area contributed by atoms with Gasteiger partial charge in [0.2, 0.25) is 5.91 Å². The van der Waals surface area contributed by atoms with E-state index in [4.69, 9.17) is 0 Å². The van der Waals surface area contributed by atoms with Crippen molar-refractivity contribution in [2.75, 3.05) is 5.75 Å². The molecule has 4 fully saturated rings. The molecule has 6 rings (SSSR count). The highest BCUT2D eigenvalue weighted by atomic mass is 32.2. The van der Waals surface area contributed by atoms with Crippen molar-refractivity contribution in [3.05, 3.63) is 43.0 Å². The molecule has 2 N–H and O–H groups in total. The molecule has 8 heteroatoms. The lowest BCUT2D eigenvalue weighted by atomic mass is 9.53. The van der Waals surface area contributed by atoms with Crippen LogP contribution in [-0.4, -0.2) is 38.0 Å². The third kappa shape index (κ3) is 4.33. The van der Waals surface area contributed by atoms with Gasteiger partial charge in [0.1, 0.15) is 0 Å². The fraction of sp³-hybridized carbons (Fsp3) is 0.500. The summed E-state index contributed by atoms with van der Waals surface area (Å²) < 4.78 is 1.93. The van der Waals surface area contributed by atoms with Gasteiger partial charge < -0.3 is 5.32 Å². The van der Waals surface area contributed by atoms with Crippen LogP contribution < -0.4 is 10.6 Å². The Hall–Kier alpha value is -2.61. The molecule has 32 heavy (non-hydrogen) atoms. The van der Waals surface area contributed by atoms with Gasteiger partial charge in [0, 0.05) is 17.6 Å². The first-order valence-electron chi connectivity index (χ1n) is 11.4. The number of urea groups is 1. The molecule has 4 saturated carbocycles. The van der Waals surface area contributed by atoms with E-state index in [-0.39, 0.29) is 23.2 Å². The first-order chi connectivity index (χ1) is 15.5. The topological polar surface area (TPSA) is 88.9 Å². The Bertz CT molecular complexity index is 983. The molecule has 0 aliphatic heterocycles. The number of benzene rings is 1. The number of allylic oxidation sites excluding steroid dienone is 1. The monoisotopic (exact) mass is 451 g/mol. The zero-order valence-corrected chi connectivity index (χ0v) is 18.9. The minimum Gasteiger partial charge on any atom is -0.332 e. The van der Waals surface area contributed by atoms with Crippen LogP contribution in [0.15, 0.2) is 48.1 Å². The first kappa shape index (κ1) is 21.2. The second-order valence-electron chi connectivity index (χ2n) is 9.56. The van der Waals surface area contributed by atoms with E-state index in [1.807, 2.05) is 34.9 Å². The summed E-state index contributed by atoms with van der Waals surface area (Å²) in [6.07, 6.45) is 8.89. The molecule has 0 radical (unpaired) electrons. The van der Waals surface area contributed by atoms with Crippen LogP contribution in [0.1, 0.15) is 38.5 Å². The lowest BCUT2D eigenvalue weighted by molar-refractivity contribution is -0.117. The molecule has 2 aromatic rings. The van der Waals surface area contributed by atoms with Gasteiger partial charge in [-0.15, -0.1) is 16.8 Å². The van der Waals surface area contributed by atoms with Gasteiger partial charge in [0.25, 0.3) is 0 Å². The van der Waals surface area contributed by atoms with Crippen molar-refractivity contribution in [1.82, 2.24) is 25.4 Å². The lowest BCUT2D eigenvalue weighted by Crippen LogP contribution is -2.61. The minimum absolute atomic E-state index is 0.0956. The molecule has 1 aromatic heterocycles. The molecule has 4 aliphatic rings. The van der Waals surface area contributed by atoms with Crippen molar-refractivity contribution in [2.24, 2.45) is 17.8 Å². The summed E-state index contributed by atoms with van der Waals surface area (Å²) in [5.74, 6) is 2.71. The fourth-order valence-electron chi connectivity index (χ4n) is 6.32. The molecule has 1 aromatic carbocycles. The number of hydrogen-bond donors (Lipinski definition) is 2. The largest absolute Gasteiger partial charge is 0.332 e. The maximum absolute atomic E-state index is 12.6. The number of thioether (sulfide) groups is 1. The van der Waals surface area contributed by atoms with E-state index < -0.39 is 0 Å². The Morgan fingerprint density at radius 1 is 1.09 bits per heavy atom. The predicted octanol–water partition coefficient (Wildman–Crippen LogP) is 4.02. The van der Waals surface area contributed by atoms with E-state index in [2.05, 4.69) is 27.4 Å². The number of imide groups is 1. The Labute approximate surface area is 192 Å². The van der Waals surface area contributed by atoms with Crippen molar-refractivity contribution >= 4 is 23.7 Å². The maximum Gasteiger partial charge on any atom is 0.321 e. The number of nitrogens with one attached hydrogen (secondary N) is 2. The molecule has 7 nitrogen and oxygen atoms in total. The van der Waals surface area contributed by atoms with Crippen molar-refractivity contribution < 1.29 is 9.59 Å². The summed E-state index contributed by atoms with van der Waals surface area (Å²) in [7, 11) is 0. The Kier molecular flexibility index (Phi) is 5.80. The first-order valence-corrected chi connectivity index (χ1v) is 12.4.